The van der Waals surface area contributed by atoms with Gasteiger partial charge < -0.3 is 10.2 Å². The molecule has 1 fully saturated rings. The van der Waals surface area contributed by atoms with Gasteiger partial charge in [-0.15, -0.1) is 0 Å². The second kappa shape index (κ2) is 9.56. The number of rotatable bonds is 8. The summed E-state index contributed by atoms with van der Waals surface area (Å²) >= 11 is 12.3. The van der Waals surface area contributed by atoms with Crippen molar-refractivity contribution in [2.24, 2.45) is 0 Å². The number of hydrogen-bond donors (Lipinski definition) is 2. The van der Waals surface area contributed by atoms with E-state index in [2.05, 4.69) is 10.0 Å². The van der Waals surface area contributed by atoms with Crippen LogP contribution < -0.4 is 10.0 Å². The fourth-order valence-corrected chi connectivity index (χ4v) is 5.18. The van der Waals surface area contributed by atoms with Gasteiger partial charge in [0.1, 0.15) is 4.90 Å². The van der Waals surface area contributed by atoms with E-state index in [9.17, 15) is 18.0 Å². The Morgan fingerprint density at radius 2 is 1.74 bits per heavy atom. The van der Waals surface area contributed by atoms with Gasteiger partial charge in [0.25, 0.3) is 11.8 Å². The van der Waals surface area contributed by atoms with Crippen molar-refractivity contribution in [2.75, 3.05) is 18.4 Å². The molecule has 0 aliphatic heterocycles. The van der Waals surface area contributed by atoms with Crippen molar-refractivity contribution in [1.29, 1.82) is 0 Å². The quantitative estimate of drug-likeness (QED) is 0.588. The zero-order valence-corrected chi connectivity index (χ0v) is 19.4. The number of anilines is 1. The lowest BCUT2D eigenvalue weighted by molar-refractivity contribution is 0.0772. The smallest absolute Gasteiger partial charge is 0.257 e. The second-order valence-electron chi connectivity index (χ2n) is 7.17. The number of hydrogen-bond acceptors (Lipinski definition) is 4. The van der Waals surface area contributed by atoms with Crippen molar-refractivity contribution < 1.29 is 18.0 Å². The fourth-order valence-electron chi connectivity index (χ4n) is 3.01. The zero-order valence-electron chi connectivity index (χ0n) is 17.1. The monoisotopic (exact) mass is 483 g/mol. The summed E-state index contributed by atoms with van der Waals surface area (Å²) < 4.78 is 27.7. The summed E-state index contributed by atoms with van der Waals surface area (Å²) in [6.07, 6.45) is 1.53. The summed E-state index contributed by atoms with van der Waals surface area (Å²) in [5.74, 6) is -0.762. The van der Waals surface area contributed by atoms with E-state index in [0.29, 0.717) is 24.3 Å². The van der Waals surface area contributed by atoms with Gasteiger partial charge in [-0.1, -0.05) is 29.3 Å². The number of benzene rings is 2. The molecular weight excluding hydrogens is 461 g/mol. The van der Waals surface area contributed by atoms with Crippen molar-refractivity contribution in [3.8, 4) is 0 Å². The summed E-state index contributed by atoms with van der Waals surface area (Å²) in [5.41, 5.74) is 0.776. The van der Waals surface area contributed by atoms with Crippen molar-refractivity contribution in [1.82, 2.24) is 9.62 Å². The molecule has 2 amide bonds. The van der Waals surface area contributed by atoms with Gasteiger partial charge >= 0.3 is 0 Å². The van der Waals surface area contributed by atoms with Crippen LogP contribution in [0.2, 0.25) is 10.0 Å². The highest BCUT2D eigenvalue weighted by Crippen LogP contribution is 2.31. The fraction of sp³-hybridized carbons (Fsp3) is 0.333. The van der Waals surface area contributed by atoms with Gasteiger partial charge in [-0.2, -0.15) is 0 Å². The van der Waals surface area contributed by atoms with E-state index in [0.717, 1.165) is 18.9 Å². The minimum absolute atomic E-state index is 0.0169. The third-order valence-electron chi connectivity index (χ3n) is 4.87. The normalized spacial score (nSPS) is 13.7. The van der Waals surface area contributed by atoms with Crippen molar-refractivity contribution in [3.63, 3.8) is 0 Å². The Balaban J connectivity index is 1.86. The molecule has 0 saturated heterocycles. The van der Waals surface area contributed by atoms with E-state index in [1.807, 2.05) is 13.8 Å². The number of sulfonamides is 1. The average molecular weight is 484 g/mol. The molecule has 2 aromatic carbocycles. The van der Waals surface area contributed by atoms with Crippen LogP contribution in [0.15, 0.2) is 41.3 Å². The molecular formula is C21H23Cl2N3O4S. The standard InChI is InChI=1S/C21H23Cl2N3O4S/c1-3-26(4-2)21(28)13-6-5-7-15(10-13)24-20(27)16-11-19(18(23)12-17(16)22)31(29,30)25-14-8-9-14/h5-7,10-12,14,25H,3-4,8-9H2,1-2H3,(H,24,27). The number of nitrogens with zero attached hydrogens (tertiary/aromatic N) is 1. The largest absolute Gasteiger partial charge is 0.339 e. The highest BCUT2D eigenvalue weighted by atomic mass is 35.5. The van der Waals surface area contributed by atoms with Gasteiger partial charge in [0.15, 0.2) is 0 Å². The lowest BCUT2D eigenvalue weighted by Crippen LogP contribution is -2.30. The predicted octanol–water partition coefficient (Wildman–Crippen LogP) is 4.17. The number of nitrogens with one attached hydrogen (secondary N) is 2. The Bertz CT molecular complexity index is 1110. The summed E-state index contributed by atoms with van der Waals surface area (Å²) in [6, 6.07) is 8.81. The number of carbonyl (C=O) groups excluding carboxylic acids is 2. The first-order valence-corrected chi connectivity index (χ1v) is 12.1. The number of carbonyl (C=O) groups is 2. The van der Waals surface area contributed by atoms with Gasteiger partial charge in [-0.3, -0.25) is 9.59 Å². The summed E-state index contributed by atoms with van der Waals surface area (Å²) in [6.45, 7) is 4.91. The molecule has 31 heavy (non-hydrogen) atoms. The van der Waals surface area contributed by atoms with E-state index >= 15 is 0 Å². The maximum absolute atomic E-state index is 12.8. The number of amides is 2. The molecule has 166 valence electrons. The third-order valence-corrected chi connectivity index (χ3v) is 7.17. The Morgan fingerprint density at radius 1 is 1.06 bits per heavy atom. The van der Waals surface area contributed by atoms with Crippen LogP contribution >= 0.6 is 23.2 Å². The Kier molecular flexibility index (Phi) is 7.26. The van der Waals surface area contributed by atoms with Gasteiger partial charge in [-0.25, -0.2) is 13.1 Å². The van der Waals surface area contributed by atoms with Crippen molar-refractivity contribution >= 4 is 50.7 Å². The first kappa shape index (κ1) is 23.5. The topological polar surface area (TPSA) is 95.6 Å². The molecule has 0 aromatic heterocycles. The molecule has 0 spiro atoms. The van der Waals surface area contributed by atoms with Crippen LogP contribution in [-0.4, -0.2) is 44.3 Å². The molecule has 7 nitrogen and oxygen atoms in total. The molecule has 1 aliphatic carbocycles. The maximum atomic E-state index is 12.8. The zero-order chi connectivity index (χ0) is 22.8. The lowest BCUT2D eigenvalue weighted by Gasteiger charge is -2.19. The van der Waals surface area contributed by atoms with E-state index < -0.39 is 15.9 Å². The van der Waals surface area contributed by atoms with E-state index in [-0.39, 0.29) is 32.5 Å². The molecule has 1 saturated carbocycles. The molecule has 0 atom stereocenters. The lowest BCUT2D eigenvalue weighted by atomic mass is 10.1. The molecule has 2 aromatic rings. The van der Waals surface area contributed by atoms with Gasteiger partial charge in [0.05, 0.1) is 15.6 Å². The first-order valence-electron chi connectivity index (χ1n) is 9.88. The SMILES string of the molecule is CCN(CC)C(=O)c1cccc(NC(=O)c2cc(S(=O)(=O)NC3CC3)c(Cl)cc2Cl)c1. The second-order valence-corrected chi connectivity index (χ2v) is 9.67. The first-order chi connectivity index (χ1) is 14.7. The van der Waals surface area contributed by atoms with Crippen LogP contribution in [0.3, 0.4) is 0 Å². The number of halogens is 2. The van der Waals surface area contributed by atoms with E-state index in [1.54, 1.807) is 29.2 Å². The van der Waals surface area contributed by atoms with E-state index in [4.69, 9.17) is 23.2 Å². The van der Waals surface area contributed by atoms with Crippen LogP contribution in [0.1, 0.15) is 47.4 Å². The van der Waals surface area contributed by atoms with Crippen LogP contribution in [0, 0.1) is 0 Å². The maximum Gasteiger partial charge on any atom is 0.257 e. The molecule has 0 bridgehead atoms. The van der Waals surface area contributed by atoms with Crippen LogP contribution in [-0.2, 0) is 10.0 Å². The summed E-state index contributed by atoms with van der Waals surface area (Å²) in [7, 11) is -3.88. The minimum Gasteiger partial charge on any atom is -0.339 e. The molecule has 3 rings (SSSR count). The van der Waals surface area contributed by atoms with E-state index in [1.165, 1.54) is 6.07 Å². The van der Waals surface area contributed by atoms with Crippen LogP contribution in [0.4, 0.5) is 5.69 Å². The molecule has 2 N–H and O–H groups in total. The minimum atomic E-state index is -3.88. The van der Waals surface area contributed by atoms with Crippen molar-refractivity contribution in [3.05, 3.63) is 57.6 Å². The van der Waals surface area contributed by atoms with Crippen LogP contribution in [0.25, 0.3) is 0 Å². The highest BCUT2D eigenvalue weighted by Gasteiger charge is 2.30. The third kappa shape index (κ3) is 5.57. The molecule has 0 unspecified atom stereocenters. The van der Waals surface area contributed by atoms with Gasteiger partial charge in [0.2, 0.25) is 10.0 Å². The Labute approximate surface area is 191 Å². The summed E-state index contributed by atoms with van der Waals surface area (Å²) in [5, 5.41) is 2.62. The molecule has 0 heterocycles. The Hall–Kier alpha value is -2.13. The van der Waals surface area contributed by atoms with Gasteiger partial charge in [0, 0.05) is 30.4 Å². The average Bonchev–Trinajstić information content (AvgIpc) is 3.52. The highest BCUT2D eigenvalue weighted by molar-refractivity contribution is 7.89. The van der Waals surface area contributed by atoms with Crippen molar-refractivity contribution in [2.45, 2.75) is 37.6 Å². The van der Waals surface area contributed by atoms with Crippen LogP contribution in [0.5, 0.6) is 0 Å². The molecule has 1 aliphatic rings. The van der Waals surface area contributed by atoms with Gasteiger partial charge in [-0.05, 0) is 57.0 Å². The summed E-state index contributed by atoms with van der Waals surface area (Å²) in [4.78, 5) is 26.9. The molecule has 0 radical (unpaired) electrons. The predicted molar refractivity (Wildman–Crippen MR) is 121 cm³/mol. The molecule has 10 heteroatoms. The Morgan fingerprint density at radius 3 is 2.35 bits per heavy atom.